The second kappa shape index (κ2) is 7.55. The Morgan fingerprint density at radius 2 is 1.96 bits per heavy atom. The van der Waals surface area contributed by atoms with Crippen molar-refractivity contribution in [3.8, 4) is 5.82 Å². The van der Waals surface area contributed by atoms with Crippen molar-refractivity contribution < 1.29 is 4.79 Å². The van der Waals surface area contributed by atoms with Gasteiger partial charge in [0.25, 0.3) is 5.56 Å². The summed E-state index contributed by atoms with van der Waals surface area (Å²) in [5.41, 5.74) is 0.269. The van der Waals surface area contributed by atoms with Crippen molar-refractivity contribution in [2.45, 2.75) is 19.8 Å². The minimum atomic E-state index is -0.287. The molecule has 1 aliphatic heterocycles. The molecule has 0 spiro atoms. The van der Waals surface area contributed by atoms with Gasteiger partial charge in [-0.2, -0.15) is 5.10 Å². The van der Waals surface area contributed by atoms with Crippen LogP contribution in [0.4, 0.5) is 11.8 Å². The Morgan fingerprint density at radius 1 is 1.18 bits per heavy atom. The number of hydrogen-bond donors (Lipinski definition) is 2. The van der Waals surface area contributed by atoms with Gasteiger partial charge < -0.3 is 4.90 Å². The number of carbonyl (C=O) groups is 1. The van der Waals surface area contributed by atoms with Crippen LogP contribution in [0.25, 0.3) is 5.82 Å². The fourth-order valence-corrected chi connectivity index (χ4v) is 3.19. The van der Waals surface area contributed by atoms with Gasteiger partial charge in [0, 0.05) is 36.8 Å². The molecule has 28 heavy (non-hydrogen) atoms. The molecule has 0 radical (unpaired) electrons. The fraction of sp³-hybridized carbons (Fsp3) is 0.353. The van der Waals surface area contributed by atoms with E-state index in [4.69, 9.17) is 0 Å². The average Bonchev–Trinajstić information content (AvgIpc) is 3.22. The molecule has 3 aromatic rings. The third-order valence-electron chi connectivity index (χ3n) is 4.59. The summed E-state index contributed by atoms with van der Waals surface area (Å²) in [6.07, 6.45) is 5.86. The molecule has 1 amide bonds. The Kier molecular flexibility index (Phi) is 4.79. The standard InChI is InChI=1S/C17H19N9O2/c1-11-6-15(27)23-17(22-11)24-16(28)12-2-4-25(5-3-12)13-7-14(20-9-19-13)26-10-18-8-21-26/h6-10,12H,2-5H2,1H3,(H2,22,23,24,27,28). The molecule has 0 atom stereocenters. The summed E-state index contributed by atoms with van der Waals surface area (Å²) in [7, 11) is 0. The highest BCUT2D eigenvalue weighted by Crippen LogP contribution is 2.23. The molecule has 0 aliphatic carbocycles. The van der Waals surface area contributed by atoms with Crippen LogP contribution in [0.5, 0.6) is 0 Å². The van der Waals surface area contributed by atoms with Crippen LogP contribution in [0.2, 0.25) is 0 Å². The molecule has 0 saturated carbocycles. The van der Waals surface area contributed by atoms with Crippen LogP contribution in [-0.2, 0) is 4.79 Å². The van der Waals surface area contributed by atoms with Crippen molar-refractivity contribution in [1.29, 1.82) is 0 Å². The van der Waals surface area contributed by atoms with Crippen molar-refractivity contribution in [3.63, 3.8) is 0 Å². The number of aromatic amines is 1. The number of aryl methyl sites for hydroxylation is 1. The molecule has 1 saturated heterocycles. The third kappa shape index (κ3) is 3.87. The molecule has 3 aromatic heterocycles. The zero-order valence-electron chi connectivity index (χ0n) is 15.2. The molecule has 1 aliphatic rings. The fourth-order valence-electron chi connectivity index (χ4n) is 3.19. The lowest BCUT2D eigenvalue weighted by Gasteiger charge is -2.32. The Hall–Kier alpha value is -3.63. The van der Waals surface area contributed by atoms with E-state index in [9.17, 15) is 9.59 Å². The van der Waals surface area contributed by atoms with E-state index in [2.05, 4.69) is 40.2 Å². The van der Waals surface area contributed by atoms with E-state index in [1.807, 2.05) is 6.07 Å². The van der Waals surface area contributed by atoms with E-state index in [1.165, 1.54) is 18.7 Å². The normalized spacial score (nSPS) is 14.8. The average molecular weight is 381 g/mol. The van der Waals surface area contributed by atoms with Crippen molar-refractivity contribution >= 4 is 17.7 Å². The van der Waals surface area contributed by atoms with E-state index in [1.54, 1.807) is 17.9 Å². The summed E-state index contributed by atoms with van der Waals surface area (Å²) in [5.74, 6) is 1.31. The lowest BCUT2D eigenvalue weighted by molar-refractivity contribution is -0.120. The minimum Gasteiger partial charge on any atom is -0.356 e. The lowest BCUT2D eigenvalue weighted by atomic mass is 9.96. The number of nitrogens with zero attached hydrogens (tertiary/aromatic N) is 7. The number of rotatable bonds is 4. The molecule has 144 valence electrons. The first-order valence-corrected chi connectivity index (χ1v) is 8.89. The van der Waals surface area contributed by atoms with Gasteiger partial charge in [0.1, 0.15) is 24.8 Å². The molecular weight excluding hydrogens is 362 g/mol. The first kappa shape index (κ1) is 17.8. The number of H-pyrrole nitrogens is 1. The summed E-state index contributed by atoms with van der Waals surface area (Å²) < 4.78 is 1.57. The second-order valence-corrected chi connectivity index (χ2v) is 6.56. The minimum absolute atomic E-state index is 0.139. The van der Waals surface area contributed by atoms with Gasteiger partial charge in [-0.3, -0.25) is 19.9 Å². The van der Waals surface area contributed by atoms with Crippen LogP contribution in [0, 0.1) is 12.8 Å². The second-order valence-electron chi connectivity index (χ2n) is 6.56. The Morgan fingerprint density at radius 3 is 2.68 bits per heavy atom. The Labute approximate surface area is 159 Å². The number of aromatic nitrogens is 7. The van der Waals surface area contributed by atoms with Crippen molar-refractivity contribution in [1.82, 2.24) is 34.7 Å². The van der Waals surface area contributed by atoms with Crippen LogP contribution in [0.1, 0.15) is 18.5 Å². The number of amides is 1. The lowest BCUT2D eigenvalue weighted by Crippen LogP contribution is -2.39. The van der Waals surface area contributed by atoms with Crippen molar-refractivity contribution in [3.05, 3.63) is 47.2 Å². The number of carbonyl (C=O) groups excluding carboxylic acids is 1. The van der Waals surface area contributed by atoms with Crippen LogP contribution in [0.3, 0.4) is 0 Å². The maximum absolute atomic E-state index is 12.5. The molecule has 0 aromatic carbocycles. The van der Waals surface area contributed by atoms with Gasteiger partial charge in [-0.15, -0.1) is 0 Å². The van der Waals surface area contributed by atoms with Gasteiger partial charge in [0.05, 0.1) is 0 Å². The van der Waals surface area contributed by atoms with Gasteiger partial charge >= 0.3 is 0 Å². The number of hydrogen-bond acceptors (Lipinski definition) is 8. The molecule has 0 unspecified atom stereocenters. The quantitative estimate of drug-likeness (QED) is 0.659. The van der Waals surface area contributed by atoms with Crippen LogP contribution >= 0.6 is 0 Å². The summed E-state index contributed by atoms with van der Waals surface area (Å²) in [4.78, 5) is 45.3. The molecule has 1 fully saturated rings. The topological polar surface area (TPSA) is 135 Å². The van der Waals surface area contributed by atoms with Crippen LogP contribution in [0.15, 0.2) is 35.9 Å². The number of piperidine rings is 1. The smallest absolute Gasteiger partial charge is 0.252 e. The highest BCUT2D eigenvalue weighted by atomic mass is 16.2. The molecular formula is C17H19N9O2. The molecule has 0 bridgehead atoms. The molecule has 4 rings (SSSR count). The van der Waals surface area contributed by atoms with Crippen molar-refractivity contribution in [2.75, 3.05) is 23.3 Å². The summed E-state index contributed by atoms with van der Waals surface area (Å²) in [6.45, 7) is 3.08. The predicted octanol–water partition coefficient (Wildman–Crippen LogP) is 0.304. The van der Waals surface area contributed by atoms with E-state index < -0.39 is 0 Å². The first-order valence-electron chi connectivity index (χ1n) is 8.89. The van der Waals surface area contributed by atoms with E-state index >= 15 is 0 Å². The van der Waals surface area contributed by atoms with E-state index in [-0.39, 0.29) is 23.3 Å². The molecule has 11 heteroatoms. The predicted molar refractivity (Wildman–Crippen MR) is 100 cm³/mol. The first-order chi connectivity index (χ1) is 13.6. The highest BCUT2D eigenvalue weighted by molar-refractivity contribution is 5.91. The summed E-state index contributed by atoms with van der Waals surface area (Å²) >= 11 is 0. The maximum Gasteiger partial charge on any atom is 0.252 e. The van der Waals surface area contributed by atoms with Gasteiger partial charge in [0.15, 0.2) is 5.82 Å². The molecule has 4 heterocycles. The van der Waals surface area contributed by atoms with Gasteiger partial charge in [-0.05, 0) is 19.8 Å². The van der Waals surface area contributed by atoms with Gasteiger partial charge in [-0.1, -0.05) is 0 Å². The van der Waals surface area contributed by atoms with Crippen LogP contribution in [-0.4, -0.2) is 53.7 Å². The van der Waals surface area contributed by atoms with E-state index in [0.717, 1.165) is 5.82 Å². The Bertz CT molecular complexity index is 1020. The highest BCUT2D eigenvalue weighted by Gasteiger charge is 2.26. The van der Waals surface area contributed by atoms with E-state index in [0.29, 0.717) is 37.4 Å². The van der Waals surface area contributed by atoms with Crippen molar-refractivity contribution in [2.24, 2.45) is 5.92 Å². The van der Waals surface area contributed by atoms with Crippen LogP contribution < -0.4 is 15.8 Å². The van der Waals surface area contributed by atoms with Gasteiger partial charge in [0.2, 0.25) is 11.9 Å². The largest absolute Gasteiger partial charge is 0.356 e. The third-order valence-corrected chi connectivity index (χ3v) is 4.59. The zero-order valence-corrected chi connectivity index (χ0v) is 15.2. The number of nitrogens with one attached hydrogen (secondary N) is 2. The summed E-state index contributed by atoms with van der Waals surface area (Å²) in [5, 5.41) is 6.78. The maximum atomic E-state index is 12.5. The van der Waals surface area contributed by atoms with Gasteiger partial charge in [-0.25, -0.2) is 24.6 Å². The monoisotopic (exact) mass is 381 g/mol. The SMILES string of the molecule is Cc1cc(=O)[nH]c(NC(=O)C2CCN(c3cc(-n4cncn4)ncn3)CC2)n1. The summed E-state index contributed by atoms with van der Waals surface area (Å²) in [6, 6.07) is 3.22. The number of anilines is 2. The zero-order chi connectivity index (χ0) is 19.5. The molecule has 2 N–H and O–H groups in total. The Balaban J connectivity index is 1.38. The molecule has 11 nitrogen and oxygen atoms in total.